The van der Waals surface area contributed by atoms with Gasteiger partial charge < -0.3 is 19.6 Å². The summed E-state index contributed by atoms with van der Waals surface area (Å²) in [6, 6.07) is 66.3. The van der Waals surface area contributed by atoms with E-state index in [2.05, 4.69) is 166 Å². The van der Waals surface area contributed by atoms with Crippen LogP contribution in [0.25, 0.3) is 78.9 Å². The fourth-order valence-electron chi connectivity index (χ4n) is 8.12. The summed E-state index contributed by atoms with van der Waals surface area (Å²) in [5.41, 5.74) is 13.8. The van der Waals surface area contributed by atoms with E-state index in [0.29, 0.717) is 0 Å². The Morgan fingerprint density at radius 1 is 0.508 bits per heavy atom. The second kappa shape index (κ2) is 21.9. The van der Waals surface area contributed by atoms with Crippen LogP contribution in [0.3, 0.4) is 0 Å². The minimum atomic E-state index is -0.894. The molecule has 7 aromatic carbocycles. The van der Waals surface area contributed by atoms with Crippen LogP contribution in [-0.4, -0.2) is 36.7 Å². The minimum Gasteiger partial charge on any atom is -0.480 e. The molecule has 0 saturated carbocycles. The van der Waals surface area contributed by atoms with Crippen LogP contribution in [0.5, 0.6) is 0 Å². The van der Waals surface area contributed by atoms with Crippen LogP contribution in [0.15, 0.2) is 199 Å². The second-order valence-corrected chi connectivity index (χ2v) is 16.2. The van der Waals surface area contributed by atoms with Gasteiger partial charge in [-0.3, -0.25) is 4.79 Å². The first-order valence-electron chi connectivity index (χ1n) is 21.8. The van der Waals surface area contributed by atoms with Crippen molar-refractivity contribution in [3.8, 4) is 78.9 Å². The lowest BCUT2D eigenvalue weighted by Crippen LogP contribution is -2.12. The summed E-state index contributed by atoms with van der Waals surface area (Å²) < 4.78 is 5.76. The lowest BCUT2D eigenvalue weighted by Gasteiger charge is -2.15. The number of hydrogen-bond acceptors (Lipinski definition) is 4. The molecule has 0 bridgehead atoms. The zero-order valence-corrected chi connectivity index (χ0v) is 37.6. The van der Waals surface area contributed by atoms with E-state index in [4.69, 9.17) is 15.1 Å². The minimum absolute atomic E-state index is 0. The van der Waals surface area contributed by atoms with Gasteiger partial charge in [0.05, 0.1) is 22.8 Å². The van der Waals surface area contributed by atoms with Gasteiger partial charge in [-0.05, 0) is 42.2 Å². The molecule has 2 aromatic heterocycles. The number of hydrogen-bond donors (Lipinski definition) is 2. The van der Waals surface area contributed by atoms with Gasteiger partial charge in [0.15, 0.2) is 0 Å². The number of carbonyl (C=O) groups is 1. The Morgan fingerprint density at radius 3 is 1.37 bits per heavy atom. The molecule has 0 spiro atoms. The van der Waals surface area contributed by atoms with E-state index in [1.807, 2.05) is 72.8 Å². The van der Waals surface area contributed by atoms with Crippen LogP contribution in [0, 0.1) is 0 Å². The number of anilines is 1. The van der Waals surface area contributed by atoms with Crippen molar-refractivity contribution in [3.63, 3.8) is 0 Å². The third-order valence-electron chi connectivity index (χ3n) is 10.9. The maximum Gasteiger partial charge on any atom is 0.322 e. The Balaban J connectivity index is 0.000000200. The fraction of sp³-hybridized carbons (Fsp3) is 0.140. The molecule has 2 heterocycles. The van der Waals surface area contributed by atoms with E-state index in [1.165, 1.54) is 11.3 Å². The van der Waals surface area contributed by atoms with E-state index < -0.39 is 5.97 Å². The third kappa shape index (κ3) is 10.4. The molecule has 65 heavy (non-hydrogen) atoms. The first-order valence-corrected chi connectivity index (χ1v) is 22.6. The van der Waals surface area contributed by atoms with Gasteiger partial charge in [-0.25, -0.2) is 9.97 Å². The number of carboxylic acids is 1. The maximum absolute atomic E-state index is 11.1. The van der Waals surface area contributed by atoms with Crippen molar-refractivity contribution < 1.29 is 9.90 Å². The summed E-state index contributed by atoms with van der Waals surface area (Å²) in [4.78, 5) is 21.5. The molecule has 0 radical (unpaired) electrons. The number of imidazole rings is 2. The highest BCUT2D eigenvalue weighted by Gasteiger charge is 2.24. The Bertz CT molecular complexity index is 2950. The number of aliphatic carboxylic acids is 1. The van der Waals surface area contributed by atoms with Crippen LogP contribution in [0.4, 0.5) is 5.69 Å². The highest BCUT2D eigenvalue weighted by Crippen LogP contribution is 2.41. The Hall–Kier alpha value is -7.29. The lowest BCUT2D eigenvalue weighted by atomic mass is 9.98. The number of halogens is 1. The summed E-state index contributed by atoms with van der Waals surface area (Å²) >= 11 is 3.71. The topological polar surface area (TPSA) is 85.0 Å². The first kappa shape index (κ1) is 45.7. The molecular weight excluding hydrogens is 867 g/mol. The predicted molar refractivity (Wildman–Crippen MR) is 274 cm³/mol. The molecule has 0 amide bonds. The molecular formula is C57H54BrN5O2. The zero-order chi connectivity index (χ0) is 44.3. The van der Waals surface area contributed by atoms with Gasteiger partial charge in [0.1, 0.15) is 18.2 Å². The third-order valence-corrected chi connectivity index (χ3v) is 11.6. The van der Waals surface area contributed by atoms with Crippen molar-refractivity contribution in [2.45, 2.75) is 47.2 Å². The summed E-state index contributed by atoms with van der Waals surface area (Å²) in [6.07, 6.45) is 2.01. The summed E-state index contributed by atoms with van der Waals surface area (Å²) in [7, 11) is 0. The number of aromatic nitrogens is 4. The second-order valence-electron chi connectivity index (χ2n) is 15.4. The lowest BCUT2D eigenvalue weighted by molar-refractivity contribution is -0.134. The van der Waals surface area contributed by atoms with Crippen molar-refractivity contribution >= 4 is 27.6 Å². The van der Waals surface area contributed by atoms with E-state index in [9.17, 15) is 4.79 Å². The van der Waals surface area contributed by atoms with Crippen molar-refractivity contribution in [3.05, 3.63) is 199 Å². The molecule has 0 aliphatic rings. The number of nitrogens with one attached hydrogen (secondary N) is 1. The van der Waals surface area contributed by atoms with Crippen LogP contribution >= 0.6 is 15.9 Å². The van der Waals surface area contributed by atoms with Crippen LogP contribution in [0.2, 0.25) is 0 Å². The van der Waals surface area contributed by atoms with Crippen LogP contribution < -0.4 is 5.32 Å². The highest BCUT2D eigenvalue weighted by atomic mass is 79.9. The zero-order valence-electron chi connectivity index (χ0n) is 36.0. The summed E-state index contributed by atoms with van der Waals surface area (Å²) in [5, 5.41) is 12.1. The van der Waals surface area contributed by atoms with Gasteiger partial charge >= 0.3 is 5.97 Å². The molecule has 0 unspecified atom stereocenters. The molecule has 0 aliphatic heterocycles. The van der Waals surface area contributed by atoms with Gasteiger partial charge in [0.25, 0.3) is 0 Å². The van der Waals surface area contributed by atoms with Crippen molar-refractivity contribution in [1.82, 2.24) is 19.1 Å². The number of carboxylic acid groups (broad SMARTS) is 1. The molecule has 8 heteroatoms. The van der Waals surface area contributed by atoms with E-state index in [1.54, 1.807) is 0 Å². The summed E-state index contributed by atoms with van der Waals surface area (Å²) in [6.45, 7) is 6.01. The van der Waals surface area contributed by atoms with E-state index >= 15 is 0 Å². The van der Waals surface area contributed by atoms with Gasteiger partial charge in [0.2, 0.25) is 0 Å². The Labute approximate surface area is 391 Å². The molecule has 2 N–H and O–H groups in total. The molecule has 0 fully saturated rings. The molecule has 0 saturated heterocycles. The average Bonchev–Trinajstić information content (AvgIpc) is 3.91. The molecule has 9 aromatic rings. The van der Waals surface area contributed by atoms with Crippen molar-refractivity contribution in [2.24, 2.45) is 0 Å². The quantitative estimate of drug-likeness (QED) is 0.113. The van der Waals surface area contributed by atoms with Crippen molar-refractivity contribution in [2.75, 3.05) is 11.9 Å². The fourth-order valence-corrected chi connectivity index (χ4v) is 8.58. The molecule has 9 rings (SSSR count). The number of rotatable bonds is 14. The Morgan fingerprint density at radius 2 is 0.908 bits per heavy atom. The Kier molecular flexibility index (Phi) is 15.4. The van der Waals surface area contributed by atoms with E-state index in [-0.39, 0.29) is 14.0 Å². The van der Waals surface area contributed by atoms with Crippen molar-refractivity contribution in [1.29, 1.82) is 0 Å². The predicted octanol–water partition coefficient (Wildman–Crippen LogP) is 15.2. The normalized spacial score (nSPS) is 10.7. The van der Waals surface area contributed by atoms with Gasteiger partial charge in [-0.15, -0.1) is 0 Å². The maximum atomic E-state index is 11.1. The largest absolute Gasteiger partial charge is 0.480 e. The van der Waals surface area contributed by atoms with Crippen LogP contribution in [0.1, 0.15) is 34.1 Å². The monoisotopic (exact) mass is 919 g/mol. The summed E-state index contributed by atoms with van der Waals surface area (Å²) in [5.74, 6) is 1.02. The van der Waals surface area contributed by atoms with Crippen LogP contribution in [-0.2, 0) is 17.9 Å². The van der Waals surface area contributed by atoms with E-state index in [0.717, 1.165) is 104 Å². The smallest absolute Gasteiger partial charge is 0.322 e. The average molecular weight is 921 g/mol. The van der Waals surface area contributed by atoms with Gasteiger partial charge in [-0.1, -0.05) is 213 Å². The SMILES string of the molecule is C.CCCn1c(-c2ccccc2-c2cccc(NCC(=O)O)c2)nc(-c2ccccc2)c1-c1ccccc1.CCCn1c(-c2ccccc2Br)nc(-c2ccccc2)c1-c1ccccc1. The molecule has 0 atom stereocenters. The number of nitrogens with zero attached hydrogens (tertiary/aromatic N) is 4. The molecule has 7 nitrogen and oxygen atoms in total. The number of benzene rings is 7. The standard InChI is InChI=1S/C32H29N3O2.C24H21BrN2.CH4/c1-2-20-35-31(24-14-7-4-8-15-24)30(23-12-5-3-6-13-23)34-32(35)28-19-10-9-18-27(28)25-16-11-17-26(21-25)33-22-29(36)37;1-2-17-27-23(19-13-7-4-8-14-19)22(18-11-5-3-6-12-18)26-24(27)20-15-9-10-16-21(20)25;/h3-19,21,33H,2,20,22H2,1H3,(H,36,37);3-16H,2,17H2,1H3;1H4. The first-order chi connectivity index (χ1) is 31.4. The van der Waals surface area contributed by atoms with Gasteiger partial charge in [-0.2, -0.15) is 0 Å². The van der Waals surface area contributed by atoms with Gasteiger partial charge in [0, 0.05) is 56.6 Å². The molecule has 326 valence electrons. The highest BCUT2D eigenvalue weighted by molar-refractivity contribution is 9.10. The molecule has 0 aliphatic carbocycles.